The first-order valence-corrected chi connectivity index (χ1v) is 5.07. The Morgan fingerprint density at radius 2 is 2.31 bits per heavy atom. The van der Waals surface area contributed by atoms with Crippen molar-refractivity contribution in [3.8, 4) is 6.07 Å². The van der Waals surface area contributed by atoms with Crippen LogP contribution in [0, 0.1) is 11.3 Å². The maximum absolute atomic E-state index is 8.82. The van der Waals surface area contributed by atoms with Gasteiger partial charge in [-0.3, -0.25) is 0 Å². The Kier molecular flexibility index (Phi) is 1.94. The highest BCUT2D eigenvalue weighted by Crippen LogP contribution is 2.29. The van der Waals surface area contributed by atoms with Crippen molar-refractivity contribution in [3.63, 3.8) is 0 Å². The molecule has 1 heterocycles. The Labute approximate surface area is 86.9 Å². The van der Waals surface area contributed by atoms with Gasteiger partial charge in [0, 0.05) is 4.47 Å². The van der Waals surface area contributed by atoms with Crippen molar-refractivity contribution in [1.29, 1.82) is 5.26 Å². The summed E-state index contributed by atoms with van der Waals surface area (Å²) in [6.07, 6.45) is 0. The quantitative estimate of drug-likeness (QED) is 0.785. The molecule has 3 nitrogen and oxygen atoms in total. The first-order valence-electron chi connectivity index (χ1n) is 3.46. The molecule has 0 fully saturated rings. The number of nitriles is 1. The zero-order valence-corrected chi connectivity index (χ0v) is 8.82. The number of hydrogen-bond donors (Lipinski definition) is 1. The van der Waals surface area contributed by atoms with Gasteiger partial charge in [0.25, 0.3) is 0 Å². The van der Waals surface area contributed by atoms with Gasteiger partial charge in [-0.05, 0) is 12.1 Å². The van der Waals surface area contributed by atoms with Gasteiger partial charge in [0.2, 0.25) is 0 Å². The largest absolute Gasteiger partial charge is 0.375 e. The first-order chi connectivity index (χ1) is 6.20. The van der Waals surface area contributed by atoms with E-state index in [9.17, 15) is 0 Å². The van der Waals surface area contributed by atoms with Crippen LogP contribution >= 0.6 is 27.3 Å². The van der Waals surface area contributed by atoms with Gasteiger partial charge in [0.05, 0.1) is 10.3 Å². The number of fused-ring (bicyclic) bond motifs is 1. The van der Waals surface area contributed by atoms with Crippen molar-refractivity contribution in [1.82, 2.24) is 4.98 Å². The van der Waals surface area contributed by atoms with Crippen molar-refractivity contribution >= 4 is 42.6 Å². The van der Waals surface area contributed by atoms with Crippen LogP contribution in [0.25, 0.3) is 10.2 Å². The molecule has 0 spiro atoms. The summed E-state index contributed by atoms with van der Waals surface area (Å²) in [6.45, 7) is 0. The predicted octanol–water partition coefficient (Wildman–Crippen LogP) is 2.51. The Hall–Kier alpha value is -1.12. The molecule has 0 aliphatic rings. The number of anilines is 1. The van der Waals surface area contributed by atoms with Gasteiger partial charge < -0.3 is 5.73 Å². The molecule has 0 radical (unpaired) electrons. The zero-order valence-electron chi connectivity index (χ0n) is 6.41. The Bertz CT molecular complexity index is 512. The number of nitrogen functional groups attached to an aromatic ring is 1. The molecule has 2 aromatic rings. The zero-order chi connectivity index (χ0) is 9.42. The molecule has 5 heteroatoms. The molecule has 0 aliphatic carbocycles. The lowest BCUT2D eigenvalue weighted by molar-refractivity contribution is 1.45. The highest BCUT2D eigenvalue weighted by atomic mass is 79.9. The first kappa shape index (κ1) is 8.48. The maximum Gasteiger partial charge on any atom is 0.181 e. The molecule has 0 amide bonds. The average molecular weight is 254 g/mol. The third-order valence-electron chi connectivity index (χ3n) is 1.60. The lowest BCUT2D eigenvalue weighted by Crippen LogP contribution is -1.82. The Morgan fingerprint density at radius 1 is 1.54 bits per heavy atom. The number of nitrogens with zero attached hydrogens (tertiary/aromatic N) is 2. The van der Waals surface area contributed by atoms with Gasteiger partial charge in [-0.1, -0.05) is 27.3 Å². The summed E-state index contributed by atoms with van der Waals surface area (Å²) in [5.41, 5.74) is 6.79. The van der Waals surface area contributed by atoms with Crippen LogP contribution in [-0.2, 0) is 0 Å². The van der Waals surface area contributed by atoms with Crippen LogP contribution in [-0.4, -0.2) is 4.98 Å². The molecule has 2 N–H and O–H groups in total. The number of rotatable bonds is 0. The average Bonchev–Trinajstić information content (AvgIpc) is 2.43. The van der Waals surface area contributed by atoms with E-state index in [2.05, 4.69) is 27.0 Å². The van der Waals surface area contributed by atoms with E-state index >= 15 is 0 Å². The summed E-state index contributed by atoms with van der Waals surface area (Å²) in [4.78, 5) is 4.08. The maximum atomic E-state index is 8.82. The van der Waals surface area contributed by atoms with E-state index in [1.807, 2.05) is 6.07 Å². The van der Waals surface area contributed by atoms with Crippen LogP contribution in [0.1, 0.15) is 5.56 Å². The molecule has 13 heavy (non-hydrogen) atoms. The summed E-state index contributed by atoms with van der Waals surface area (Å²) < 4.78 is 1.81. The van der Waals surface area contributed by atoms with E-state index in [0.717, 1.165) is 9.17 Å². The molecule has 64 valence electrons. The normalized spacial score (nSPS) is 10.2. The van der Waals surface area contributed by atoms with E-state index in [1.54, 1.807) is 6.07 Å². The second kappa shape index (κ2) is 2.98. The van der Waals surface area contributed by atoms with Crippen LogP contribution in [0.5, 0.6) is 0 Å². The topological polar surface area (TPSA) is 62.7 Å². The van der Waals surface area contributed by atoms with E-state index in [0.29, 0.717) is 16.2 Å². The molecular weight excluding hydrogens is 250 g/mol. The van der Waals surface area contributed by atoms with Gasteiger partial charge in [0.15, 0.2) is 5.13 Å². The molecule has 1 aromatic heterocycles. The van der Waals surface area contributed by atoms with Gasteiger partial charge in [-0.2, -0.15) is 5.26 Å². The molecule has 0 saturated carbocycles. The third kappa shape index (κ3) is 1.39. The summed E-state index contributed by atoms with van der Waals surface area (Å²) in [5, 5.41) is 9.31. The van der Waals surface area contributed by atoms with Crippen molar-refractivity contribution in [3.05, 3.63) is 22.2 Å². The third-order valence-corrected chi connectivity index (χ3v) is 2.89. The van der Waals surface area contributed by atoms with E-state index < -0.39 is 0 Å². The van der Waals surface area contributed by atoms with Crippen LogP contribution in [0.4, 0.5) is 5.13 Å². The Morgan fingerprint density at radius 3 is 3.00 bits per heavy atom. The second-order valence-corrected chi connectivity index (χ2v) is 4.44. The molecule has 0 saturated heterocycles. The van der Waals surface area contributed by atoms with E-state index in [-0.39, 0.29) is 0 Å². The van der Waals surface area contributed by atoms with Gasteiger partial charge in [-0.25, -0.2) is 4.98 Å². The SMILES string of the molecule is N#Cc1cc(Br)cc2sc(N)nc12. The summed E-state index contributed by atoms with van der Waals surface area (Å²) in [7, 11) is 0. The molecular formula is C8H4BrN3S. The fraction of sp³-hybridized carbons (Fsp3) is 0. The minimum absolute atomic E-state index is 0.490. The van der Waals surface area contributed by atoms with Crippen molar-refractivity contribution < 1.29 is 0 Å². The van der Waals surface area contributed by atoms with Crippen LogP contribution < -0.4 is 5.73 Å². The Balaban J connectivity index is 2.90. The van der Waals surface area contributed by atoms with Gasteiger partial charge in [-0.15, -0.1) is 0 Å². The number of aromatic nitrogens is 1. The summed E-state index contributed by atoms with van der Waals surface area (Å²) in [6, 6.07) is 5.73. The van der Waals surface area contributed by atoms with Crippen molar-refractivity contribution in [2.45, 2.75) is 0 Å². The molecule has 0 atom stereocenters. The lowest BCUT2D eigenvalue weighted by Gasteiger charge is -1.92. The summed E-state index contributed by atoms with van der Waals surface area (Å²) >= 11 is 4.70. The number of benzene rings is 1. The van der Waals surface area contributed by atoms with Crippen LogP contribution in [0.3, 0.4) is 0 Å². The fourth-order valence-electron chi connectivity index (χ4n) is 1.10. The standard InChI is InChI=1S/C8H4BrN3S/c9-5-1-4(3-10)7-6(2-5)13-8(11)12-7/h1-2H,(H2,11,12). The van der Waals surface area contributed by atoms with Crippen LogP contribution in [0.15, 0.2) is 16.6 Å². The minimum Gasteiger partial charge on any atom is -0.375 e. The van der Waals surface area contributed by atoms with Crippen molar-refractivity contribution in [2.75, 3.05) is 5.73 Å². The molecule has 0 aliphatic heterocycles. The van der Waals surface area contributed by atoms with Gasteiger partial charge in [0.1, 0.15) is 11.6 Å². The molecule has 0 bridgehead atoms. The smallest absolute Gasteiger partial charge is 0.181 e. The number of nitrogens with two attached hydrogens (primary N) is 1. The number of thiazole rings is 1. The fourth-order valence-corrected chi connectivity index (χ4v) is 2.51. The van der Waals surface area contributed by atoms with E-state index in [4.69, 9.17) is 11.0 Å². The minimum atomic E-state index is 0.490. The number of hydrogen-bond acceptors (Lipinski definition) is 4. The molecule has 1 aromatic carbocycles. The monoisotopic (exact) mass is 253 g/mol. The lowest BCUT2D eigenvalue weighted by atomic mass is 10.2. The van der Waals surface area contributed by atoms with E-state index in [1.165, 1.54) is 11.3 Å². The van der Waals surface area contributed by atoms with Crippen molar-refractivity contribution in [2.24, 2.45) is 0 Å². The second-order valence-electron chi connectivity index (χ2n) is 2.46. The highest BCUT2D eigenvalue weighted by Gasteiger charge is 2.07. The van der Waals surface area contributed by atoms with Crippen LogP contribution in [0.2, 0.25) is 0 Å². The predicted molar refractivity (Wildman–Crippen MR) is 56.4 cm³/mol. The number of halogens is 1. The molecule has 0 unspecified atom stereocenters. The highest BCUT2D eigenvalue weighted by molar-refractivity contribution is 9.10. The van der Waals surface area contributed by atoms with Gasteiger partial charge >= 0.3 is 0 Å². The summed E-state index contributed by atoms with van der Waals surface area (Å²) in [5.74, 6) is 0. The molecule has 2 rings (SSSR count).